The van der Waals surface area contributed by atoms with Crippen molar-refractivity contribution in [3.63, 3.8) is 0 Å². The number of nitrogens with one attached hydrogen (secondary N) is 1. The third-order valence-corrected chi connectivity index (χ3v) is 2.58. The van der Waals surface area contributed by atoms with Gasteiger partial charge in [0.15, 0.2) is 0 Å². The van der Waals surface area contributed by atoms with Crippen molar-refractivity contribution in [3.8, 4) is 0 Å². The second-order valence-electron chi connectivity index (χ2n) is 3.66. The van der Waals surface area contributed by atoms with E-state index >= 15 is 0 Å². The molecule has 1 rings (SSSR count). The Balaban J connectivity index is 2.20. The third kappa shape index (κ3) is 2.21. The highest BCUT2D eigenvalue weighted by molar-refractivity contribution is 5.79. The van der Waals surface area contributed by atoms with Gasteiger partial charge in [-0.25, -0.2) is 0 Å². The summed E-state index contributed by atoms with van der Waals surface area (Å²) < 4.78 is 0. The zero-order chi connectivity index (χ0) is 9.14. The van der Waals surface area contributed by atoms with E-state index < -0.39 is 0 Å². The molecule has 1 aliphatic rings. The van der Waals surface area contributed by atoms with Crippen molar-refractivity contribution in [2.24, 2.45) is 17.6 Å². The lowest BCUT2D eigenvalue weighted by Crippen LogP contribution is -2.35. The van der Waals surface area contributed by atoms with E-state index in [1.165, 1.54) is 6.42 Å². The van der Waals surface area contributed by atoms with E-state index in [1.54, 1.807) is 0 Å². The van der Waals surface area contributed by atoms with Crippen LogP contribution >= 0.6 is 0 Å². The van der Waals surface area contributed by atoms with Gasteiger partial charge in [0.2, 0.25) is 5.91 Å². The van der Waals surface area contributed by atoms with Gasteiger partial charge in [-0.3, -0.25) is 4.79 Å². The minimum Gasteiger partial charge on any atom is -0.353 e. The number of rotatable bonds is 4. The van der Waals surface area contributed by atoms with Crippen molar-refractivity contribution in [2.75, 3.05) is 6.54 Å². The SMILES string of the molecule is CCC1CC1NC(=O)C(C)CN. The van der Waals surface area contributed by atoms with Crippen LogP contribution in [0, 0.1) is 11.8 Å². The van der Waals surface area contributed by atoms with E-state index in [4.69, 9.17) is 5.73 Å². The van der Waals surface area contributed by atoms with E-state index in [0.717, 1.165) is 12.3 Å². The summed E-state index contributed by atoms with van der Waals surface area (Å²) in [6, 6.07) is 0.441. The first-order valence-electron chi connectivity index (χ1n) is 4.69. The van der Waals surface area contributed by atoms with Crippen LogP contribution in [0.5, 0.6) is 0 Å². The van der Waals surface area contributed by atoms with Crippen LogP contribution in [0.4, 0.5) is 0 Å². The van der Waals surface area contributed by atoms with E-state index in [-0.39, 0.29) is 11.8 Å². The normalized spacial score (nSPS) is 29.6. The van der Waals surface area contributed by atoms with Gasteiger partial charge in [-0.1, -0.05) is 20.3 Å². The molecule has 0 aromatic carbocycles. The fourth-order valence-corrected chi connectivity index (χ4v) is 1.31. The summed E-state index contributed by atoms with van der Waals surface area (Å²) in [5.74, 6) is 0.792. The van der Waals surface area contributed by atoms with Crippen LogP contribution in [-0.2, 0) is 4.79 Å². The van der Waals surface area contributed by atoms with Crippen LogP contribution in [0.3, 0.4) is 0 Å². The molecule has 1 aliphatic carbocycles. The van der Waals surface area contributed by atoms with E-state index in [9.17, 15) is 4.79 Å². The Bertz CT molecular complexity index is 170. The summed E-state index contributed by atoms with van der Waals surface area (Å²) in [4.78, 5) is 11.3. The lowest BCUT2D eigenvalue weighted by molar-refractivity contribution is -0.124. The number of nitrogens with two attached hydrogens (primary N) is 1. The van der Waals surface area contributed by atoms with Crippen molar-refractivity contribution in [3.05, 3.63) is 0 Å². The molecule has 1 amide bonds. The Morgan fingerprint density at radius 2 is 2.42 bits per heavy atom. The predicted molar refractivity (Wildman–Crippen MR) is 48.5 cm³/mol. The molecule has 3 atom stereocenters. The molecule has 0 aliphatic heterocycles. The van der Waals surface area contributed by atoms with Crippen LogP contribution < -0.4 is 11.1 Å². The minimum absolute atomic E-state index is 0.0388. The molecule has 0 saturated heterocycles. The van der Waals surface area contributed by atoms with Crippen molar-refractivity contribution < 1.29 is 4.79 Å². The molecule has 3 N–H and O–H groups in total. The summed E-state index contributed by atoms with van der Waals surface area (Å²) in [6.45, 7) is 4.46. The van der Waals surface area contributed by atoms with Gasteiger partial charge in [0.05, 0.1) is 0 Å². The summed E-state index contributed by atoms with van der Waals surface area (Å²) in [6.07, 6.45) is 2.32. The Kier molecular flexibility index (Phi) is 3.09. The van der Waals surface area contributed by atoms with Gasteiger partial charge in [0, 0.05) is 18.5 Å². The van der Waals surface area contributed by atoms with Gasteiger partial charge in [0.25, 0.3) is 0 Å². The summed E-state index contributed by atoms with van der Waals surface area (Å²) in [7, 11) is 0. The van der Waals surface area contributed by atoms with Crippen LogP contribution in [0.15, 0.2) is 0 Å². The standard InChI is InChI=1S/C9H18N2O/c1-3-7-4-8(7)11-9(12)6(2)5-10/h6-8H,3-5,10H2,1-2H3,(H,11,12). The number of carbonyl (C=O) groups is 1. The summed E-state index contributed by atoms with van der Waals surface area (Å²) >= 11 is 0. The van der Waals surface area contributed by atoms with Crippen LogP contribution in [-0.4, -0.2) is 18.5 Å². The van der Waals surface area contributed by atoms with Gasteiger partial charge in [0.1, 0.15) is 0 Å². The van der Waals surface area contributed by atoms with Gasteiger partial charge < -0.3 is 11.1 Å². The monoisotopic (exact) mass is 170 g/mol. The van der Waals surface area contributed by atoms with Crippen LogP contribution in [0.2, 0.25) is 0 Å². The molecule has 3 unspecified atom stereocenters. The van der Waals surface area contributed by atoms with E-state index in [0.29, 0.717) is 12.6 Å². The lowest BCUT2D eigenvalue weighted by atomic mass is 10.1. The fraction of sp³-hybridized carbons (Fsp3) is 0.889. The first kappa shape index (κ1) is 9.52. The molecule has 1 fully saturated rings. The summed E-state index contributed by atoms with van der Waals surface area (Å²) in [5, 5.41) is 2.99. The number of hydrogen-bond acceptors (Lipinski definition) is 2. The molecular formula is C9H18N2O. The topological polar surface area (TPSA) is 55.1 Å². The smallest absolute Gasteiger partial charge is 0.224 e. The number of hydrogen-bond donors (Lipinski definition) is 2. The molecule has 3 nitrogen and oxygen atoms in total. The molecule has 0 spiro atoms. The van der Waals surface area contributed by atoms with Gasteiger partial charge >= 0.3 is 0 Å². The molecule has 0 heterocycles. The maximum absolute atomic E-state index is 11.3. The number of amides is 1. The first-order chi connectivity index (χ1) is 5.69. The maximum atomic E-state index is 11.3. The van der Waals surface area contributed by atoms with Crippen molar-refractivity contribution in [2.45, 2.75) is 32.7 Å². The van der Waals surface area contributed by atoms with Crippen LogP contribution in [0.25, 0.3) is 0 Å². The summed E-state index contributed by atoms with van der Waals surface area (Å²) in [5.41, 5.74) is 5.38. The Hall–Kier alpha value is -0.570. The van der Waals surface area contributed by atoms with Crippen LogP contribution in [0.1, 0.15) is 26.7 Å². The zero-order valence-corrected chi connectivity index (χ0v) is 7.84. The predicted octanol–water partition coefficient (Wildman–Crippen LogP) is 0.496. The molecule has 12 heavy (non-hydrogen) atoms. The maximum Gasteiger partial charge on any atom is 0.224 e. The Morgan fingerprint density at radius 1 is 1.75 bits per heavy atom. The van der Waals surface area contributed by atoms with E-state index in [1.807, 2.05) is 6.92 Å². The second-order valence-corrected chi connectivity index (χ2v) is 3.66. The fourth-order valence-electron chi connectivity index (χ4n) is 1.31. The van der Waals surface area contributed by atoms with Gasteiger partial charge in [-0.15, -0.1) is 0 Å². The highest BCUT2D eigenvalue weighted by atomic mass is 16.2. The highest BCUT2D eigenvalue weighted by Crippen LogP contribution is 2.33. The minimum atomic E-state index is -0.0388. The van der Waals surface area contributed by atoms with Gasteiger partial charge in [-0.05, 0) is 12.3 Å². The van der Waals surface area contributed by atoms with Crippen molar-refractivity contribution >= 4 is 5.91 Å². The zero-order valence-electron chi connectivity index (χ0n) is 7.84. The highest BCUT2D eigenvalue weighted by Gasteiger charge is 2.36. The molecule has 0 aromatic rings. The number of carbonyl (C=O) groups excluding carboxylic acids is 1. The molecule has 0 radical (unpaired) electrons. The molecule has 70 valence electrons. The third-order valence-electron chi connectivity index (χ3n) is 2.58. The molecular weight excluding hydrogens is 152 g/mol. The quantitative estimate of drug-likeness (QED) is 0.645. The molecule has 1 saturated carbocycles. The van der Waals surface area contributed by atoms with Gasteiger partial charge in [-0.2, -0.15) is 0 Å². The van der Waals surface area contributed by atoms with E-state index in [2.05, 4.69) is 12.2 Å². The Morgan fingerprint density at radius 3 is 2.83 bits per heavy atom. The first-order valence-corrected chi connectivity index (χ1v) is 4.69. The molecule has 0 bridgehead atoms. The van der Waals surface area contributed by atoms with Crippen molar-refractivity contribution in [1.29, 1.82) is 0 Å². The second kappa shape index (κ2) is 3.90. The Labute approximate surface area is 73.7 Å². The van der Waals surface area contributed by atoms with Crippen molar-refractivity contribution in [1.82, 2.24) is 5.32 Å². The largest absolute Gasteiger partial charge is 0.353 e. The average Bonchev–Trinajstić information content (AvgIpc) is 2.81. The molecule has 3 heteroatoms. The lowest BCUT2D eigenvalue weighted by Gasteiger charge is -2.08. The average molecular weight is 170 g/mol. The molecule has 0 aromatic heterocycles.